The highest BCUT2D eigenvalue weighted by molar-refractivity contribution is 5.94. The van der Waals surface area contributed by atoms with Crippen LogP contribution in [0.1, 0.15) is 24.8 Å². The fourth-order valence-corrected chi connectivity index (χ4v) is 3.43. The van der Waals surface area contributed by atoms with Crippen LogP contribution in [0.5, 0.6) is 5.75 Å². The van der Waals surface area contributed by atoms with Gasteiger partial charge >= 0.3 is 5.97 Å². The molecule has 7 heteroatoms. The first-order chi connectivity index (χ1) is 12.7. The van der Waals surface area contributed by atoms with E-state index >= 15 is 0 Å². The van der Waals surface area contributed by atoms with Crippen molar-refractivity contribution in [1.29, 1.82) is 0 Å². The molecule has 2 aliphatic rings. The Bertz CT molecular complexity index is 825. The van der Waals surface area contributed by atoms with E-state index in [-0.39, 0.29) is 17.8 Å². The minimum Gasteiger partial charge on any atom is -0.426 e. The van der Waals surface area contributed by atoms with Crippen LogP contribution < -0.4 is 15.0 Å². The highest BCUT2D eigenvalue weighted by atomic mass is 16.5. The van der Waals surface area contributed by atoms with Gasteiger partial charge < -0.3 is 15.0 Å². The van der Waals surface area contributed by atoms with Gasteiger partial charge in [-0.15, -0.1) is 0 Å². The first-order valence-corrected chi connectivity index (χ1v) is 8.85. The van der Waals surface area contributed by atoms with Crippen LogP contribution in [0, 0.1) is 5.92 Å². The number of nitrogens with zero attached hydrogens (tertiary/aromatic N) is 3. The molecule has 1 N–H and O–H groups in total. The smallest absolute Gasteiger partial charge is 0.316 e. The van der Waals surface area contributed by atoms with Crippen molar-refractivity contribution in [3.05, 3.63) is 42.2 Å². The number of aryl methyl sites for hydroxylation is 1. The minimum atomic E-state index is -0.231. The maximum atomic E-state index is 12.6. The fraction of sp³-hybridized carbons (Fsp3) is 0.368. The molecule has 0 saturated carbocycles. The molecular weight excluding hydrogens is 332 g/mol. The summed E-state index contributed by atoms with van der Waals surface area (Å²) in [6.07, 6.45) is 6.22. The Morgan fingerprint density at radius 3 is 2.92 bits per heavy atom. The second-order valence-corrected chi connectivity index (χ2v) is 6.62. The summed E-state index contributed by atoms with van der Waals surface area (Å²) in [5.74, 6) is 0.758. The molecule has 134 valence electrons. The van der Waals surface area contributed by atoms with E-state index < -0.39 is 0 Å². The van der Waals surface area contributed by atoms with Gasteiger partial charge in [-0.05, 0) is 49.1 Å². The molecule has 2 aromatic rings. The molecule has 26 heavy (non-hydrogen) atoms. The highest BCUT2D eigenvalue weighted by Crippen LogP contribution is 2.28. The number of carbonyl (C=O) groups is 2. The molecule has 1 unspecified atom stereocenters. The van der Waals surface area contributed by atoms with Crippen molar-refractivity contribution in [3.8, 4) is 5.75 Å². The Labute approximate surface area is 151 Å². The number of aromatic nitrogens is 2. The topological polar surface area (TPSA) is 84.4 Å². The number of rotatable bonds is 3. The Hall–Kier alpha value is -2.96. The van der Waals surface area contributed by atoms with Gasteiger partial charge in [0.1, 0.15) is 5.75 Å². The Kier molecular flexibility index (Phi) is 4.51. The van der Waals surface area contributed by atoms with Gasteiger partial charge in [-0.25, -0.2) is 9.97 Å². The van der Waals surface area contributed by atoms with Gasteiger partial charge in [0.25, 0.3) is 0 Å². The number of hydrogen-bond donors (Lipinski definition) is 1. The van der Waals surface area contributed by atoms with Crippen LogP contribution in [0.4, 0.5) is 11.6 Å². The molecular formula is C19H20N4O3. The highest BCUT2D eigenvalue weighted by Gasteiger charge is 2.29. The van der Waals surface area contributed by atoms with Crippen molar-refractivity contribution in [1.82, 2.24) is 9.97 Å². The van der Waals surface area contributed by atoms with Gasteiger partial charge in [0.05, 0.1) is 5.92 Å². The third-order valence-corrected chi connectivity index (χ3v) is 4.78. The average molecular weight is 352 g/mol. The molecule has 0 bridgehead atoms. The number of carbonyl (C=O) groups excluding carboxylic acids is 2. The molecule has 1 amide bonds. The van der Waals surface area contributed by atoms with Gasteiger partial charge in [0.2, 0.25) is 11.9 Å². The van der Waals surface area contributed by atoms with E-state index in [0.29, 0.717) is 31.1 Å². The van der Waals surface area contributed by atoms with E-state index in [1.54, 1.807) is 30.6 Å². The number of anilines is 2. The molecule has 0 radical (unpaired) electrons. The van der Waals surface area contributed by atoms with Crippen LogP contribution in [0.15, 0.2) is 36.7 Å². The van der Waals surface area contributed by atoms with Crippen LogP contribution >= 0.6 is 0 Å². The number of hydrogen-bond acceptors (Lipinski definition) is 6. The Morgan fingerprint density at radius 2 is 2.08 bits per heavy atom. The van der Waals surface area contributed by atoms with Crippen molar-refractivity contribution < 1.29 is 14.3 Å². The molecule has 0 aliphatic carbocycles. The molecule has 7 nitrogen and oxygen atoms in total. The normalized spacial score (nSPS) is 19.5. The zero-order valence-corrected chi connectivity index (χ0v) is 14.4. The monoisotopic (exact) mass is 352 g/mol. The van der Waals surface area contributed by atoms with Gasteiger partial charge in [0, 0.05) is 37.6 Å². The second-order valence-electron chi connectivity index (χ2n) is 6.62. The van der Waals surface area contributed by atoms with E-state index in [0.717, 1.165) is 30.6 Å². The first-order valence-electron chi connectivity index (χ1n) is 8.85. The summed E-state index contributed by atoms with van der Waals surface area (Å²) < 4.78 is 5.61. The summed E-state index contributed by atoms with van der Waals surface area (Å²) in [6, 6.07) is 7.13. The van der Waals surface area contributed by atoms with Crippen molar-refractivity contribution in [2.45, 2.75) is 25.7 Å². The number of esters is 1. The Balaban J connectivity index is 1.42. The van der Waals surface area contributed by atoms with E-state index in [4.69, 9.17) is 4.74 Å². The van der Waals surface area contributed by atoms with Crippen LogP contribution in [0.2, 0.25) is 0 Å². The van der Waals surface area contributed by atoms with Gasteiger partial charge in [-0.3, -0.25) is 9.59 Å². The van der Waals surface area contributed by atoms with Crippen LogP contribution in [-0.4, -0.2) is 34.9 Å². The van der Waals surface area contributed by atoms with Gasteiger partial charge in [-0.1, -0.05) is 0 Å². The maximum absolute atomic E-state index is 12.6. The number of piperidine rings is 1. The largest absolute Gasteiger partial charge is 0.426 e. The lowest BCUT2D eigenvalue weighted by Crippen LogP contribution is -2.41. The zero-order valence-electron chi connectivity index (χ0n) is 14.4. The number of amides is 1. The number of fused-ring (bicyclic) bond motifs is 1. The van der Waals surface area contributed by atoms with E-state index in [2.05, 4.69) is 15.3 Å². The number of nitrogens with one attached hydrogen (secondary N) is 1. The third kappa shape index (κ3) is 3.51. The van der Waals surface area contributed by atoms with Crippen LogP contribution in [0.25, 0.3) is 0 Å². The fourth-order valence-electron chi connectivity index (χ4n) is 3.43. The number of ether oxygens (including phenoxy) is 1. The minimum absolute atomic E-state index is 0.0210. The lowest BCUT2D eigenvalue weighted by atomic mass is 9.98. The quantitative estimate of drug-likeness (QED) is 0.673. The Morgan fingerprint density at radius 1 is 1.23 bits per heavy atom. The predicted octanol–water partition coefficient (Wildman–Crippen LogP) is 2.18. The average Bonchev–Trinajstić information content (AvgIpc) is 2.69. The summed E-state index contributed by atoms with van der Waals surface area (Å²) in [7, 11) is 0. The third-order valence-electron chi connectivity index (χ3n) is 4.78. The summed E-state index contributed by atoms with van der Waals surface area (Å²) in [6.45, 7) is 1.40. The van der Waals surface area contributed by atoms with Gasteiger partial charge in [-0.2, -0.15) is 0 Å². The van der Waals surface area contributed by atoms with E-state index in [1.807, 2.05) is 11.0 Å². The molecule has 1 saturated heterocycles. The summed E-state index contributed by atoms with van der Waals surface area (Å²) >= 11 is 0. The molecule has 1 aromatic carbocycles. The van der Waals surface area contributed by atoms with Crippen LogP contribution in [0.3, 0.4) is 0 Å². The standard InChI is InChI=1S/C19H20N4O3/c24-17-7-4-13-11-15(5-6-16(13)22-17)26-18(25)14-3-1-10-23(12-14)19-20-8-2-9-21-19/h2,5-6,8-9,11,14H,1,3-4,7,10,12H2,(H,22,24). The maximum Gasteiger partial charge on any atom is 0.316 e. The molecule has 1 aromatic heterocycles. The van der Waals surface area contributed by atoms with E-state index in [9.17, 15) is 9.59 Å². The lowest BCUT2D eigenvalue weighted by Gasteiger charge is -2.31. The van der Waals surface area contributed by atoms with Gasteiger partial charge in [0.15, 0.2) is 0 Å². The molecule has 0 spiro atoms. The van der Waals surface area contributed by atoms with E-state index in [1.165, 1.54) is 0 Å². The van der Waals surface area contributed by atoms with Crippen molar-refractivity contribution in [3.63, 3.8) is 0 Å². The lowest BCUT2D eigenvalue weighted by molar-refractivity contribution is -0.139. The van der Waals surface area contributed by atoms with Crippen molar-refractivity contribution in [2.24, 2.45) is 5.92 Å². The molecule has 2 aliphatic heterocycles. The molecule has 3 heterocycles. The van der Waals surface area contributed by atoms with Crippen LogP contribution in [-0.2, 0) is 16.0 Å². The first kappa shape index (κ1) is 16.5. The molecule has 1 atom stereocenters. The molecule has 1 fully saturated rings. The van der Waals surface area contributed by atoms with Crippen molar-refractivity contribution in [2.75, 3.05) is 23.3 Å². The summed E-state index contributed by atoms with van der Waals surface area (Å²) in [4.78, 5) is 34.6. The molecule has 4 rings (SSSR count). The SMILES string of the molecule is O=C1CCc2cc(OC(=O)C3CCCN(c4ncccn4)C3)ccc2N1. The predicted molar refractivity (Wildman–Crippen MR) is 96.0 cm³/mol. The second kappa shape index (κ2) is 7.11. The number of benzene rings is 1. The van der Waals surface area contributed by atoms with Crippen molar-refractivity contribution >= 4 is 23.5 Å². The zero-order chi connectivity index (χ0) is 17.9. The summed E-state index contributed by atoms with van der Waals surface area (Å²) in [5, 5.41) is 2.83. The summed E-state index contributed by atoms with van der Waals surface area (Å²) in [5.41, 5.74) is 1.80.